The standard InChI is InChI=1S/C49H77N9O13/c1-11-29(8)42(48(67)58-43(30(9)59)44(51)63)57-45(64)33(19-20-36(50)60)52-37(61)14-13-23-71-39-21-17-31-16-18-32(25-34(31)53-39)70-22-12-15-38(62)55-40(27(4)5)47(66)54-35(24-26(2)3)46(65)56-41(28(6)7)49(68)69-10/h16-18,21,25-30,33,35,40-43,59H,11-15,19-20,22-24H2,1-10H3,(H2,50,60)(H2,51,63)(H,52,61)(H,54,66)(H,55,62)(H,56,65)(H,57,64)(H,58,67)/t29-,30+,33-,35-,40-,41-,42-,43-/m0/s1. The fourth-order valence-electron chi connectivity index (χ4n) is 7.15. The van der Waals surface area contributed by atoms with Gasteiger partial charge in [-0.2, -0.15) is 0 Å². The van der Waals surface area contributed by atoms with Crippen molar-refractivity contribution in [2.24, 2.45) is 35.1 Å². The Kier molecular flexibility index (Phi) is 25.8. The Morgan fingerprint density at radius 1 is 0.634 bits per heavy atom. The van der Waals surface area contributed by atoms with Crippen molar-refractivity contribution < 1.29 is 62.5 Å². The third-order valence-corrected chi connectivity index (χ3v) is 11.5. The lowest BCUT2D eigenvalue weighted by molar-refractivity contribution is -0.146. The average Bonchev–Trinajstić information content (AvgIpc) is 3.30. The molecule has 0 unspecified atom stereocenters. The maximum absolute atomic E-state index is 13.5. The number of nitrogens with one attached hydrogen (secondary N) is 6. The van der Waals surface area contributed by atoms with E-state index in [9.17, 15) is 48.3 Å². The van der Waals surface area contributed by atoms with Crippen molar-refractivity contribution in [3.05, 3.63) is 30.3 Å². The molecule has 22 heteroatoms. The number of aliphatic hydroxyl groups excluding tert-OH is 1. The van der Waals surface area contributed by atoms with Crippen molar-refractivity contribution in [1.82, 2.24) is 36.9 Å². The maximum atomic E-state index is 13.5. The number of hydrogen-bond donors (Lipinski definition) is 9. The maximum Gasteiger partial charge on any atom is 0.328 e. The number of hydrogen-bond acceptors (Lipinski definition) is 14. The van der Waals surface area contributed by atoms with Crippen molar-refractivity contribution in [3.8, 4) is 11.6 Å². The number of primary amides is 2. The normalized spacial score (nSPS) is 14.7. The van der Waals surface area contributed by atoms with Gasteiger partial charge in [-0.25, -0.2) is 9.78 Å². The van der Waals surface area contributed by atoms with Crippen LogP contribution in [0.15, 0.2) is 30.3 Å². The number of nitrogens with zero attached hydrogens (tertiary/aromatic N) is 1. The van der Waals surface area contributed by atoms with Crippen molar-refractivity contribution in [3.63, 3.8) is 0 Å². The molecule has 1 aromatic heterocycles. The molecule has 0 saturated carbocycles. The molecule has 1 heterocycles. The molecule has 0 aliphatic heterocycles. The second kappa shape index (κ2) is 30.2. The van der Waals surface area contributed by atoms with Gasteiger partial charge in [0.1, 0.15) is 42.0 Å². The molecule has 0 aliphatic rings. The van der Waals surface area contributed by atoms with Gasteiger partial charge in [0, 0.05) is 36.8 Å². The third-order valence-electron chi connectivity index (χ3n) is 11.5. The highest BCUT2D eigenvalue weighted by Gasteiger charge is 2.35. The lowest BCUT2D eigenvalue weighted by Crippen LogP contribution is -2.60. The number of pyridine rings is 1. The molecular formula is C49H77N9O13. The summed E-state index contributed by atoms with van der Waals surface area (Å²) >= 11 is 0. The molecule has 8 amide bonds. The van der Waals surface area contributed by atoms with E-state index < -0.39 is 95.6 Å². The number of benzene rings is 1. The lowest BCUT2D eigenvalue weighted by atomic mass is 9.96. The van der Waals surface area contributed by atoms with Crippen LogP contribution >= 0.6 is 0 Å². The lowest BCUT2D eigenvalue weighted by Gasteiger charge is -2.28. The van der Waals surface area contributed by atoms with E-state index in [1.54, 1.807) is 65.8 Å². The molecule has 396 valence electrons. The van der Waals surface area contributed by atoms with Crippen LogP contribution in [-0.2, 0) is 47.9 Å². The summed E-state index contributed by atoms with van der Waals surface area (Å²) in [5, 5.41) is 26.5. The summed E-state index contributed by atoms with van der Waals surface area (Å²) in [4.78, 5) is 120. The van der Waals surface area contributed by atoms with Gasteiger partial charge in [-0.1, -0.05) is 61.8 Å². The van der Waals surface area contributed by atoms with Crippen LogP contribution in [0, 0.1) is 23.7 Å². The van der Waals surface area contributed by atoms with E-state index in [0.717, 1.165) is 5.39 Å². The van der Waals surface area contributed by atoms with Gasteiger partial charge in [0.15, 0.2) is 0 Å². The van der Waals surface area contributed by atoms with Crippen LogP contribution < -0.4 is 52.8 Å². The van der Waals surface area contributed by atoms with Gasteiger partial charge in [0.05, 0.1) is 31.9 Å². The van der Waals surface area contributed by atoms with Gasteiger partial charge >= 0.3 is 5.97 Å². The van der Waals surface area contributed by atoms with Gasteiger partial charge in [-0.05, 0) is 74.5 Å². The first-order valence-corrected chi connectivity index (χ1v) is 24.2. The topological polar surface area (TPSA) is 339 Å². The highest BCUT2D eigenvalue weighted by atomic mass is 16.5. The number of aliphatic hydroxyl groups is 1. The minimum atomic E-state index is -1.41. The SMILES string of the molecule is CC[C@H](C)[C@H](NC(=O)[C@H](CCC(N)=O)NC(=O)CCCOc1ccc2ccc(OCCCC(=O)N[C@H](C(=O)N[C@@H](CC(C)C)C(=O)N[C@H](C(=O)OC)C(C)C)C(C)C)cc2n1)C(=O)N[C@H](C(N)=O)[C@@H](C)O. The van der Waals surface area contributed by atoms with E-state index >= 15 is 0 Å². The third kappa shape index (κ3) is 21.1. The fraction of sp³-hybridized carbons (Fsp3) is 0.633. The van der Waals surface area contributed by atoms with Crippen molar-refractivity contribution in [2.75, 3.05) is 20.3 Å². The predicted octanol–water partition coefficient (Wildman–Crippen LogP) is 1.17. The zero-order chi connectivity index (χ0) is 53.5. The van der Waals surface area contributed by atoms with Crippen molar-refractivity contribution >= 4 is 64.1 Å². The number of carbonyl (C=O) groups excluding carboxylic acids is 9. The van der Waals surface area contributed by atoms with E-state index in [4.69, 9.17) is 25.7 Å². The van der Waals surface area contributed by atoms with E-state index in [2.05, 4.69) is 36.9 Å². The Bertz CT molecular complexity index is 2130. The molecule has 0 bridgehead atoms. The number of fused-ring (bicyclic) bond motifs is 1. The van der Waals surface area contributed by atoms with Crippen molar-refractivity contribution in [1.29, 1.82) is 0 Å². The molecular weight excluding hydrogens is 923 g/mol. The first kappa shape index (κ1) is 60.5. The van der Waals surface area contributed by atoms with E-state index in [0.29, 0.717) is 30.5 Å². The Labute approximate surface area is 415 Å². The van der Waals surface area contributed by atoms with Crippen molar-refractivity contribution in [2.45, 2.75) is 156 Å². The summed E-state index contributed by atoms with van der Waals surface area (Å²) in [5.74, 6) is -5.98. The zero-order valence-electron chi connectivity index (χ0n) is 42.8. The Hall–Kier alpha value is -6.58. The van der Waals surface area contributed by atoms with Crippen LogP contribution in [0.1, 0.15) is 114 Å². The van der Waals surface area contributed by atoms with Crippen LogP contribution in [0.25, 0.3) is 10.9 Å². The van der Waals surface area contributed by atoms with Gasteiger partial charge in [0.25, 0.3) is 0 Å². The number of ether oxygens (including phenoxy) is 3. The van der Waals surface area contributed by atoms with E-state index in [-0.39, 0.29) is 74.9 Å². The van der Waals surface area contributed by atoms with Crippen LogP contribution in [0.2, 0.25) is 0 Å². The molecule has 71 heavy (non-hydrogen) atoms. The number of aromatic nitrogens is 1. The molecule has 0 aliphatic carbocycles. The number of carbonyl (C=O) groups is 9. The van der Waals surface area contributed by atoms with Gasteiger partial charge in [-0.15, -0.1) is 0 Å². The smallest absolute Gasteiger partial charge is 0.328 e. The summed E-state index contributed by atoms with van der Waals surface area (Å²) in [6.45, 7) is 15.9. The Balaban J connectivity index is 1.97. The molecule has 2 aromatic rings. The number of esters is 1. The summed E-state index contributed by atoms with van der Waals surface area (Å²) in [7, 11) is 1.24. The minimum absolute atomic E-state index is 0.0280. The van der Waals surface area contributed by atoms with E-state index in [1.165, 1.54) is 14.0 Å². The fourth-order valence-corrected chi connectivity index (χ4v) is 7.15. The highest BCUT2D eigenvalue weighted by molar-refractivity contribution is 5.95. The molecule has 2 rings (SSSR count). The first-order valence-electron chi connectivity index (χ1n) is 24.2. The molecule has 0 fully saturated rings. The number of amides is 8. The quantitative estimate of drug-likeness (QED) is 0.0367. The summed E-state index contributed by atoms with van der Waals surface area (Å²) < 4.78 is 16.6. The van der Waals surface area contributed by atoms with Gasteiger partial charge in [-0.3, -0.25) is 38.4 Å². The number of methoxy groups -OCH3 is 1. The second-order valence-corrected chi connectivity index (χ2v) is 18.8. The van der Waals surface area contributed by atoms with E-state index in [1.807, 2.05) is 19.9 Å². The minimum Gasteiger partial charge on any atom is -0.494 e. The van der Waals surface area contributed by atoms with Gasteiger partial charge in [0.2, 0.25) is 53.1 Å². The monoisotopic (exact) mass is 1000 g/mol. The number of nitrogens with two attached hydrogens (primary N) is 2. The van der Waals surface area contributed by atoms with Crippen LogP contribution in [-0.4, -0.2) is 126 Å². The predicted molar refractivity (Wildman–Crippen MR) is 263 cm³/mol. The molecule has 0 radical (unpaired) electrons. The molecule has 11 N–H and O–H groups in total. The van der Waals surface area contributed by atoms with Crippen LogP contribution in [0.4, 0.5) is 0 Å². The van der Waals surface area contributed by atoms with Crippen LogP contribution in [0.5, 0.6) is 11.6 Å². The Morgan fingerprint density at radius 2 is 1.18 bits per heavy atom. The molecule has 22 nitrogen and oxygen atoms in total. The molecule has 1 aromatic carbocycles. The molecule has 8 atom stereocenters. The average molecular weight is 1000 g/mol. The summed E-state index contributed by atoms with van der Waals surface area (Å²) in [6, 6.07) is 2.15. The second-order valence-electron chi connectivity index (χ2n) is 18.8. The number of rotatable bonds is 32. The van der Waals surface area contributed by atoms with Gasteiger partial charge < -0.3 is 62.7 Å². The molecule has 0 spiro atoms. The zero-order valence-corrected chi connectivity index (χ0v) is 42.8. The highest BCUT2D eigenvalue weighted by Crippen LogP contribution is 2.23. The summed E-state index contributed by atoms with van der Waals surface area (Å²) in [6.07, 6.45) is -0.441. The molecule has 0 saturated heterocycles. The summed E-state index contributed by atoms with van der Waals surface area (Å²) in [5.41, 5.74) is 11.2. The van der Waals surface area contributed by atoms with Crippen LogP contribution in [0.3, 0.4) is 0 Å². The first-order chi connectivity index (χ1) is 33.4. The largest absolute Gasteiger partial charge is 0.494 e. The Morgan fingerprint density at radius 3 is 1.73 bits per heavy atom.